The van der Waals surface area contributed by atoms with Crippen molar-refractivity contribution in [3.05, 3.63) is 0 Å². The van der Waals surface area contributed by atoms with Crippen molar-refractivity contribution < 1.29 is 9.90 Å². The first-order valence-corrected chi connectivity index (χ1v) is 5.41. The average molecular weight is 308 g/mol. The van der Waals surface area contributed by atoms with Crippen LogP contribution in [0, 0.1) is 23.2 Å². The van der Waals surface area contributed by atoms with E-state index in [9.17, 15) is 9.90 Å². The summed E-state index contributed by atoms with van der Waals surface area (Å²) in [5.41, 5.74) is -0.283. The molecular weight excluding hydrogens is 291 g/mol. The lowest BCUT2D eigenvalue weighted by Gasteiger charge is -2.54. The Morgan fingerprint density at radius 2 is 1.36 bits per heavy atom. The maximum absolute atomic E-state index is 11.3. The highest BCUT2D eigenvalue weighted by atomic mass is 127. The molecule has 0 amide bonds. The second-order valence-electron chi connectivity index (χ2n) is 5.50. The lowest BCUT2D eigenvalue weighted by Crippen LogP contribution is -2.49. The Hall–Kier alpha value is 0.200. The topological polar surface area (TPSA) is 37.3 Å². The van der Waals surface area contributed by atoms with Crippen molar-refractivity contribution in [1.29, 1.82) is 0 Å². The Morgan fingerprint density at radius 1 is 1.00 bits per heavy atom. The zero-order valence-electron chi connectivity index (χ0n) is 8.24. The Morgan fingerprint density at radius 3 is 1.64 bits per heavy atom. The fourth-order valence-corrected chi connectivity index (χ4v) is 4.37. The van der Waals surface area contributed by atoms with Crippen LogP contribution in [0.15, 0.2) is 0 Å². The molecule has 0 aromatic rings. The van der Waals surface area contributed by atoms with Gasteiger partial charge < -0.3 is 5.11 Å². The predicted octanol–water partition coefficient (Wildman–Crippen LogP) is 2.91. The summed E-state index contributed by atoms with van der Waals surface area (Å²) in [7, 11) is 0. The predicted molar refractivity (Wildman–Crippen MR) is 63.7 cm³/mol. The second kappa shape index (κ2) is 3.35. The molecule has 0 aromatic heterocycles. The minimum atomic E-state index is -0.508. The molecule has 0 aromatic carbocycles. The maximum Gasteiger partial charge on any atom is 0.309 e. The van der Waals surface area contributed by atoms with E-state index in [1.165, 1.54) is 19.3 Å². The van der Waals surface area contributed by atoms with Gasteiger partial charge in [-0.2, -0.15) is 0 Å². The van der Waals surface area contributed by atoms with Gasteiger partial charge in [-0.1, -0.05) is 0 Å². The zero-order valence-corrected chi connectivity index (χ0v) is 10.6. The molecule has 0 atom stereocenters. The van der Waals surface area contributed by atoms with E-state index in [4.69, 9.17) is 0 Å². The quantitative estimate of drug-likeness (QED) is 0.756. The van der Waals surface area contributed by atoms with Gasteiger partial charge >= 0.3 is 5.97 Å². The van der Waals surface area contributed by atoms with Crippen molar-refractivity contribution in [2.24, 2.45) is 23.2 Å². The zero-order chi connectivity index (χ0) is 9.05. The first kappa shape index (κ1) is 10.7. The van der Waals surface area contributed by atoms with Crippen LogP contribution < -0.4 is 0 Å². The van der Waals surface area contributed by atoms with Crippen molar-refractivity contribution in [2.75, 3.05) is 0 Å². The molecule has 80 valence electrons. The Balaban J connectivity index is 0.000000750. The Labute approximate surface area is 101 Å². The minimum absolute atomic E-state index is 0. The highest BCUT2D eigenvalue weighted by Gasteiger charge is 2.54. The van der Waals surface area contributed by atoms with Gasteiger partial charge in [0, 0.05) is 0 Å². The number of carbonyl (C=O) groups is 1. The third-order valence-electron chi connectivity index (χ3n) is 4.49. The molecule has 4 bridgehead atoms. The van der Waals surface area contributed by atoms with E-state index in [0.717, 1.165) is 37.0 Å². The molecule has 4 fully saturated rings. The molecule has 0 saturated heterocycles. The molecule has 0 aliphatic heterocycles. The van der Waals surface area contributed by atoms with Gasteiger partial charge in [-0.3, -0.25) is 4.79 Å². The van der Waals surface area contributed by atoms with Gasteiger partial charge in [0.05, 0.1) is 5.41 Å². The fourth-order valence-electron chi connectivity index (χ4n) is 4.37. The van der Waals surface area contributed by atoms with Crippen molar-refractivity contribution in [3.63, 3.8) is 0 Å². The molecule has 4 aliphatic carbocycles. The lowest BCUT2D eigenvalue weighted by atomic mass is 9.49. The van der Waals surface area contributed by atoms with E-state index >= 15 is 0 Å². The van der Waals surface area contributed by atoms with E-state index in [1.807, 2.05) is 0 Å². The van der Waals surface area contributed by atoms with Gasteiger partial charge in [-0.05, 0) is 56.3 Å². The summed E-state index contributed by atoms with van der Waals surface area (Å²) in [4.78, 5) is 11.3. The van der Waals surface area contributed by atoms with E-state index in [2.05, 4.69) is 0 Å². The number of carboxylic acids is 1. The first-order chi connectivity index (χ1) is 6.18. The molecule has 14 heavy (non-hydrogen) atoms. The van der Waals surface area contributed by atoms with E-state index in [-0.39, 0.29) is 29.4 Å². The highest BCUT2D eigenvalue weighted by molar-refractivity contribution is 14.0. The molecule has 3 heteroatoms. The maximum atomic E-state index is 11.3. The van der Waals surface area contributed by atoms with Crippen LogP contribution >= 0.6 is 24.0 Å². The van der Waals surface area contributed by atoms with Crippen molar-refractivity contribution in [3.8, 4) is 0 Å². The molecule has 4 rings (SSSR count). The summed E-state index contributed by atoms with van der Waals surface area (Å²) >= 11 is 0. The second-order valence-corrected chi connectivity index (χ2v) is 5.50. The molecule has 4 aliphatic rings. The van der Waals surface area contributed by atoms with Gasteiger partial charge in [0.2, 0.25) is 0 Å². The van der Waals surface area contributed by atoms with Crippen LogP contribution in [0.2, 0.25) is 0 Å². The molecule has 0 spiro atoms. The summed E-state index contributed by atoms with van der Waals surface area (Å²) in [6.45, 7) is 0. The monoisotopic (exact) mass is 308 g/mol. The lowest BCUT2D eigenvalue weighted by molar-refractivity contribution is -0.164. The van der Waals surface area contributed by atoms with Crippen molar-refractivity contribution in [2.45, 2.75) is 38.5 Å². The molecule has 2 nitrogen and oxygen atoms in total. The van der Waals surface area contributed by atoms with Crippen LogP contribution in [0.5, 0.6) is 0 Å². The largest absolute Gasteiger partial charge is 0.481 e. The Bertz CT molecular complexity index is 227. The van der Waals surface area contributed by atoms with Gasteiger partial charge in [0.1, 0.15) is 0 Å². The first-order valence-electron chi connectivity index (χ1n) is 5.41. The molecule has 0 unspecified atom stereocenters. The summed E-state index contributed by atoms with van der Waals surface area (Å²) in [6, 6.07) is 0. The number of hydrogen-bond acceptors (Lipinski definition) is 1. The van der Waals surface area contributed by atoms with E-state index in [1.54, 1.807) is 0 Å². The normalized spacial score (nSPS) is 48.7. The van der Waals surface area contributed by atoms with Crippen LogP contribution in [-0.2, 0) is 4.79 Å². The third kappa shape index (κ3) is 1.39. The fraction of sp³-hybridized carbons (Fsp3) is 0.909. The number of hydrogen-bond donors (Lipinski definition) is 1. The standard InChI is InChI=1S/C11H16O2.HI/c12-10(13)11-4-7-1-8(5-11)3-9(2-7)6-11;/h7-9H,1-6H2,(H,12,13);1H. The summed E-state index contributed by atoms with van der Waals surface area (Å²) < 4.78 is 0. The van der Waals surface area contributed by atoms with Crippen molar-refractivity contribution >= 4 is 29.9 Å². The van der Waals surface area contributed by atoms with Crippen LogP contribution in [0.3, 0.4) is 0 Å². The van der Waals surface area contributed by atoms with Crippen LogP contribution in [0.4, 0.5) is 0 Å². The third-order valence-corrected chi connectivity index (χ3v) is 4.49. The summed E-state index contributed by atoms with van der Waals surface area (Å²) in [5, 5.41) is 9.28. The smallest absolute Gasteiger partial charge is 0.309 e. The number of aliphatic carboxylic acids is 1. The highest BCUT2D eigenvalue weighted by Crippen LogP contribution is 2.59. The van der Waals surface area contributed by atoms with Crippen LogP contribution in [-0.4, -0.2) is 11.1 Å². The minimum Gasteiger partial charge on any atom is -0.481 e. The Kier molecular flexibility index (Phi) is 2.57. The average Bonchev–Trinajstić information content (AvgIpc) is 2.00. The van der Waals surface area contributed by atoms with Gasteiger partial charge in [0.15, 0.2) is 0 Å². The summed E-state index contributed by atoms with van der Waals surface area (Å²) in [5.74, 6) is 1.75. The van der Waals surface area contributed by atoms with Gasteiger partial charge in [0.25, 0.3) is 0 Å². The summed E-state index contributed by atoms with van der Waals surface area (Å²) in [6.07, 6.45) is 6.92. The number of halogens is 1. The van der Waals surface area contributed by atoms with Crippen molar-refractivity contribution in [1.82, 2.24) is 0 Å². The van der Waals surface area contributed by atoms with Gasteiger partial charge in [-0.25, -0.2) is 0 Å². The van der Waals surface area contributed by atoms with E-state index < -0.39 is 5.97 Å². The van der Waals surface area contributed by atoms with Crippen LogP contribution in [0.1, 0.15) is 38.5 Å². The van der Waals surface area contributed by atoms with Gasteiger partial charge in [-0.15, -0.1) is 24.0 Å². The molecule has 1 N–H and O–H groups in total. The molecule has 4 saturated carbocycles. The number of carboxylic acid groups (broad SMARTS) is 1. The molecule has 0 heterocycles. The van der Waals surface area contributed by atoms with E-state index in [0.29, 0.717) is 0 Å². The SMILES string of the molecule is I.O=C(O)C12CC3CC(CC(C3)C1)C2. The number of rotatable bonds is 1. The molecular formula is C11H17IO2. The molecule has 0 radical (unpaired) electrons. The van der Waals surface area contributed by atoms with Crippen LogP contribution in [0.25, 0.3) is 0 Å².